The van der Waals surface area contributed by atoms with Gasteiger partial charge in [0.2, 0.25) is 0 Å². The summed E-state index contributed by atoms with van der Waals surface area (Å²) < 4.78 is 74.5. The molecule has 0 atom stereocenters. The number of benzene rings is 2. The summed E-state index contributed by atoms with van der Waals surface area (Å²) in [7, 11) is -0.0875. The second-order valence-electron chi connectivity index (χ2n) is 6.13. The van der Waals surface area contributed by atoms with Crippen molar-refractivity contribution in [1.82, 2.24) is 4.47 Å². The number of rotatable bonds is 9. The van der Waals surface area contributed by atoms with Crippen molar-refractivity contribution >= 4 is 21.6 Å². The van der Waals surface area contributed by atoms with Gasteiger partial charge in [-0.15, -0.1) is 0 Å². The minimum absolute atomic E-state index is 0.0271. The number of amides is 1. The fourth-order valence-corrected chi connectivity index (χ4v) is 3.36. The van der Waals surface area contributed by atoms with Crippen molar-refractivity contribution in [3.63, 3.8) is 0 Å². The van der Waals surface area contributed by atoms with Gasteiger partial charge in [0.05, 0.1) is 29.9 Å². The average Bonchev–Trinajstić information content (AvgIpc) is 2.73. The van der Waals surface area contributed by atoms with Crippen molar-refractivity contribution in [2.24, 2.45) is 0 Å². The molecule has 170 valence electrons. The highest BCUT2D eigenvalue weighted by Crippen LogP contribution is 2.35. The number of alkyl halides is 3. The van der Waals surface area contributed by atoms with E-state index in [1.54, 1.807) is 0 Å². The molecule has 1 N–H and O–H groups in total. The van der Waals surface area contributed by atoms with Gasteiger partial charge in [0.15, 0.2) is 0 Å². The molecule has 0 fully saturated rings. The maximum atomic E-state index is 13.1. The number of hydrogen-bond donors (Lipinski definition) is 1. The summed E-state index contributed by atoms with van der Waals surface area (Å²) in [5, 5.41) is 2.37. The summed E-state index contributed by atoms with van der Waals surface area (Å²) in [6, 6.07) is 7.51. The van der Waals surface area contributed by atoms with Crippen LogP contribution in [0.15, 0.2) is 47.4 Å². The molecule has 0 spiro atoms. The highest BCUT2D eigenvalue weighted by Gasteiger charge is 2.31. The van der Waals surface area contributed by atoms with E-state index in [-0.39, 0.29) is 35.1 Å². The number of ether oxygens (including phenoxy) is 2. The zero-order chi connectivity index (χ0) is 23.2. The SMILES string of the molecule is COCCOc1ccc(C(F)(F)F)cc1NC(=O)c1ccc(S(=O)(=O)N(C)OC)cc1. The van der Waals surface area contributed by atoms with Gasteiger partial charge in [-0.1, -0.05) is 4.47 Å². The van der Waals surface area contributed by atoms with Crippen LogP contribution in [-0.4, -0.2) is 53.3 Å². The van der Waals surface area contributed by atoms with Crippen LogP contribution in [0, 0.1) is 0 Å². The molecular formula is C19H21F3N2O6S. The van der Waals surface area contributed by atoms with Crippen LogP contribution < -0.4 is 10.1 Å². The van der Waals surface area contributed by atoms with Crippen LogP contribution in [0.25, 0.3) is 0 Å². The molecule has 0 saturated carbocycles. The van der Waals surface area contributed by atoms with Gasteiger partial charge in [-0.3, -0.25) is 9.63 Å². The van der Waals surface area contributed by atoms with Gasteiger partial charge in [-0.05, 0) is 42.5 Å². The number of methoxy groups -OCH3 is 1. The van der Waals surface area contributed by atoms with Crippen molar-refractivity contribution in [3.8, 4) is 5.75 Å². The Balaban J connectivity index is 2.29. The van der Waals surface area contributed by atoms with Crippen LogP contribution in [0.3, 0.4) is 0 Å². The minimum Gasteiger partial charge on any atom is -0.489 e. The Morgan fingerprint density at radius 3 is 2.26 bits per heavy atom. The molecule has 8 nitrogen and oxygen atoms in total. The lowest BCUT2D eigenvalue weighted by molar-refractivity contribution is -0.137. The van der Waals surface area contributed by atoms with Gasteiger partial charge >= 0.3 is 6.18 Å². The summed E-state index contributed by atoms with van der Waals surface area (Å²) in [4.78, 5) is 17.1. The number of hydroxylamine groups is 1. The number of carbonyl (C=O) groups excluding carboxylic acids is 1. The molecule has 2 rings (SSSR count). The molecular weight excluding hydrogens is 441 g/mol. The molecule has 12 heteroatoms. The molecule has 31 heavy (non-hydrogen) atoms. The zero-order valence-corrected chi connectivity index (χ0v) is 17.7. The highest BCUT2D eigenvalue weighted by molar-refractivity contribution is 7.89. The van der Waals surface area contributed by atoms with Crippen molar-refractivity contribution in [2.75, 3.05) is 39.8 Å². The average molecular weight is 462 g/mol. The summed E-state index contributed by atoms with van der Waals surface area (Å²) in [6.45, 7) is 0.255. The Labute approximate surface area is 177 Å². The van der Waals surface area contributed by atoms with Gasteiger partial charge in [-0.25, -0.2) is 8.42 Å². The summed E-state index contributed by atoms with van der Waals surface area (Å²) in [5.41, 5.74) is -1.13. The fourth-order valence-electron chi connectivity index (χ4n) is 2.38. The van der Waals surface area contributed by atoms with Crippen LogP contribution in [0.5, 0.6) is 5.75 Å². The number of nitrogens with zero attached hydrogens (tertiary/aromatic N) is 1. The van der Waals surface area contributed by atoms with Gasteiger partial charge in [-0.2, -0.15) is 13.2 Å². The third-order valence-corrected chi connectivity index (χ3v) is 5.80. The lowest BCUT2D eigenvalue weighted by atomic mass is 10.1. The number of nitrogens with one attached hydrogen (secondary N) is 1. The van der Waals surface area contributed by atoms with E-state index in [0.717, 1.165) is 18.2 Å². The maximum absolute atomic E-state index is 13.1. The maximum Gasteiger partial charge on any atom is 0.416 e. The van der Waals surface area contributed by atoms with Crippen molar-refractivity contribution in [2.45, 2.75) is 11.1 Å². The minimum atomic E-state index is -4.62. The Kier molecular flexibility index (Phi) is 8.01. The molecule has 0 bridgehead atoms. The first-order valence-corrected chi connectivity index (χ1v) is 10.2. The molecule has 2 aromatic carbocycles. The molecule has 2 aromatic rings. The van der Waals surface area contributed by atoms with Gasteiger partial charge in [0, 0.05) is 19.7 Å². The van der Waals surface area contributed by atoms with E-state index in [4.69, 9.17) is 9.47 Å². The zero-order valence-electron chi connectivity index (χ0n) is 16.9. The smallest absolute Gasteiger partial charge is 0.416 e. The lowest BCUT2D eigenvalue weighted by Gasteiger charge is -2.16. The monoisotopic (exact) mass is 462 g/mol. The Hall–Kier alpha value is -2.67. The quantitative estimate of drug-likeness (QED) is 0.455. The number of anilines is 1. The van der Waals surface area contributed by atoms with E-state index >= 15 is 0 Å². The standard InChI is InChI=1S/C19H21F3N2O6S/c1-24(29-3)31(26,27)15-7-4-13(5-8-15)18(25)23-16-12-14(19(20,21)22)6-9-17(16)30-11-10-28-2/h4-9,12H,10-11H2,1-3H3,(H,23,25). The summed E-state index contributed by atoms with van der Waals surface area (Å²) in [5.74, 6) is -0.723. The Bertz CT molecular complexity index is 1010. The first-order valence-electron chi connectivity index (χ1n) is 8.78. The van der Waals surface area contributed by atoms with Gasteiger partial charge in [0.25, 0.3) is 15.9 Å². The molecule has 0 aliphatic carbocycles. The molecule has 0 aliphatic heterocycles. The number of hydrogen-bond acceptors (Lipinski definition) is 6. The molecule has 1 amide bonds. The second-order valence-corrected chi connectivity index (χ2v) is 8.06. The van der Waals surface area contributed by atoms with Crippen molar-refractivity contribution in [3.05, 3.63) is 53.6 Å². The van der Waals surface area contributed by atoms with Gasteiger partial charge < -0.3 is 14.8 Å². The van der Waals surface area contributed by atoms with Crippen LogP contribution in [-0.2, 0) is 25.8 Å². The van der Waals surface area contributed by atoms with E-state index in [1.807, 2.05) is 0 Å². The Morgan fingerprint density at radius 1 is 1.06 bits per heavy atom. The summed E-state index contributed by atoms with van der Waals surface area (Å²) >= 11 is 0. The van der Waals surface area contributed by atoms with Crippen LogP contribution >= 0.6 is 0 Å². The van der Waals surface area contributed by atoms with Crippen LogP contribution in [0.2, 0.25) is 0 Å². The molecule has 0 aliphatic rings. The largest absolute Gasteiger partial charge is 0.489 e. The third kappa shape index (κ3) is 6.17. The van der Waals surface area contributed by atoms with Crippen molar-refractivity contribution in [1.29, 1.82) is 0 Å². The fraction of sp³-hybridized carbons (Fsp3) is 0.316. The third-order valence-electron chi connectivity index (χ3n) is 4.11. The predicted octanol–water partition coefficient (Wildman–Crippen LogP) is 3.16. The van der Waals surface area contributed by atoms with E-state index in [1.165, 1.54) is 45.5 Å². The molecule has 0 heterocycles. The predicted molar refractivity (Wildman–Crippen MR) is 105 cm³/mol. The van der Waals surface area contributed by atoms with Gasteiger partial charge in [0.1, 0.15) is 12.4 Å². The van der Waals surface area contributed by atoms with E-state index in [0.29, 0.717) is 4.47 Å². The van der Waals surface area contributed by atoms with Crippen LogP contribution in [0.4, 0.5) is 18.9 Å². The number of halogens is 3. The Morgan fingerprint density at radius 2 is 1.71 bits per heavy atom. The van der Waals surface area contributed by atoms with Crippen LogP contribution in [0.1, 0.15) is 15.9 Å². The molecule has 0 unspecified atom stereocenters. The van der Waals surface area contributed by atoms with E-state index < -0.39 is 27.7 Å². The molecule has 0 radical (unpaired) electrons. The topological polar surface area (TPSA) is 94.2 Å². The van der Waals surface area contributed by atoms with E-state index in [9.17, 15) is 26.4 Å². The van der Waals surface area contributed by atoms with Crippen molar-refractivity contribution < 1.29 is 40.7 Å². The first kappa shape index (κ1) is 24.6. The normalized spacial score (nSPS) is 12.1. The highest BCUT2D eigenvalue weighted by atomic mass is 32.2. The second kappa shape index (κ2) is 10.1. The number of carbonyl (C=O) groups is 1. The number of sulfonamides is 1. The molecule has 0 saturated heterocycles. The summed E-state index contributed by atoms with van der Waals surface area (Å²) in [6.07, 6.45) is -4.62. The first-order chi connectivity index (χ1) is 14.5. The van der Waals surface area contributed by atoms with E-state index in [2.05, 4.69) is 10.2 Å². The molecule has 0 aromatic heterocycles. The lowest BCUT2D eigenvalue weighted by Crippen LogP contribution is -2.25.